The third-order valence-corrected chi connectivity index (χ3v) is 4.02. The molecule has 0 aliphatic carbocycles. The van der Waals surface area contributed by atoms with E-state index in [4.69, 9.17) is 34.8 Å². The van der Waals surface area contributed by atoms with Crippen molar-refractivity contribution in [1.29, 1.82) is 0 Å². The molecule has 2 rings (SSSR count). The van der Waals surface area contributed by atoms with Gasteiger partial charge in [-0.1, -0.05) is 11.6 Å². The summed E-state index contributed by atoms with van der Waals surface area (Å²) in [5.41, 5.74) is 4.49. The van der Waals surface area contributed by atoms with Crippen molar-refractivity contribution in [2.45, 2.75) is 0 Å². The summed E-state index contributed by atoms with van der Waals surface area (Å²) in [6, 6.07) is 8.90. The van der Waals surface area contributed by atoms with E-state index < -0.39 is 0 Å². The van der Waals surface area contributed by atoms with E-state index in [1.54, 1.807) is 18.3 Å². The number of hydrazone groups is 1. The number of benzene rings is 1. The van der Waals surface area contributed by atoms with Gasteiger partial charge in [0.15, 0.2) is 0 Å². The van der Waals surface area contributed by atoms with Crippen LogP contribution >= 0.6 is 34.8 Å². The van der Waals surface area contributed by atoms with Gasteiger partial charge in [-0.05, 0) is 30.3 Å². The lowest BCUT2D eigenvalue weighted by Crippen LogP contribution is -2.27. The van der Waals surface area contributed by atoms with Gasteiger partial charge in [-0.3, -0.25) is 9.78 Å². The zero-order valence-electron chi connectivity index (χ0n) is 13.3. The molecular weight excluding hydrogens is 383 g/mol. The number of carbonyl (C=O) groups excluding carboxylic acids is 1. The molecule has 132 valence electrons. The third-order valence-electron chi connectivity index (χ3n) is 3.35. The molecule has 0 bridgehead atoms. The van der Waals surface area contributed by atoms with Crippen LogP contribution in [0.5, 0.6) is 0 Å². The Morgan fingerprint density at radius 1 is 1.24 bits per heavy atom. The van der Waals surface area contributed by atoms with Gasteiger partial charge in [-0.2, -0.15) is 5.10 Å². The van der Waals surface area contributed by atoms with Gasteiger partial charge in [0.05, 0.1) is 16.8 Å². The molecule has 0 radical (unpaired) electrons. The molecule has 1 N–H and O–H groups in total. The number of rotatable bonds is 8. The highest BCUT2D eigenvalue weighted by atomic mass is 35.5. The quantitative estimate of drug-likeness (QED) is 0.417. The lowest BCUT2D eigenvalue weighted by molar-refractivity contribution is 0.0955. The fraction of sp³-hybridized carbons (Fsp3) is 0.235. The Balaban J connectivity index is 2.04. The summed E-state index contributed by atoms with van der Waals surface area (Å²) in [6.07, 6.45) is 4.56. The lowest BCUT2D eigenvalue weighted by atomic mass is 10.2. The van der Waals surface area contributed by atoms with Gasteiger partial charge < -0.3 is 4.90 Å². The van der Waals surface area contributed by atoms with Crippen LogP contribution in [0.4, 0.5) is 5.69 Å². The Morgan fingerprint density at radius 2 is 2.00 bits per heavy atom. The molecule has 1 amide bonds. The average Bonchev–Trinajstić information content (AvgIpc) is 2.63. The number of hydrogen-bond acceptors (Lipinski definition) is 4. The highest BCUT2D eigenvalue weighted by molar-refractivity contribution is 6.33. The first-order valence-electron chi connectivity index (χ1n) is 7.55. The van der Waals surface area contributed by atoms with Crippen LogP contribution in [0.25, 0.3) is 0 Å². The Morgan fingerprint density at radius 3 is 2.60 bits per heavy atom. The molecule has 5 nitrogen and oxygen atoms in total. The fourth-order valence-electron chi connectivity index (χ4n) is 2.11. The number of carbonyl (C=O) groups is 1. The molecule has 0 fully saturated rings. The molecule has 2 aromatic rings. The van der Waals surface area contributed by atoms with Crippen LogP contribution < -0.4 is 10.3 Å². The Hall–Kier alpha value is -1.82. The molecule has 0 atom stereocenters. The summed E-state index contributed by atoms with van der Waals surface area (Å²) in [4.78, 5) is 17.8. The van der Waals surface area contributed by atoms with Crippen LogP contribution in [-0.2, 0) is 0 Å². The number of nitrogens with one attached hydrogen (secondary N) is 1. The maximum absolute atomic E-state index is 11.9. The molecule has 0 saturated carbocycles. The fourth-order valence-corrected chi connectivity index (χ4v) is 2.75. The summed E-state index contributed by atoms with van der Waals surface area (Å²) in [5.74, 6) is 0.656. The molecule has 0 unspecified atom stereocenters. The van der Waals surface area contributed by atoms with Crippen LogP contribution in [0.2, 0.25) is 5.02 Å². The molecule has 8 heteroatoms. The first-order valence-corrected chi connectivity index (χ1v) is 9.00. The Labute approximate surface area is 161 Å². The second kappa shape index (κ2) is 10.2. The van der Waals surface area contributed by atoms with E-state index in [1.807, 2.05) is 18.2 Å². The molecular formula is C17H17Cl3N4O. The van der Waals surface area contributed by atoms with Crippen LogP contribution in [0.15, 0.2) is 47.8 Å². The van der Waals surface area contributed by atoms with Crippen LogP contribution in [0, 0.1) is 0 Å². The average molecular weight is 400 g/mol. The van der Waals surface area contributed by atoms with Crippen molar-refractivity contribution >= 4 is 52.6 Å². The summed E-state index contributed by atoms with van der Waals surface area (Å²) in [7, 11) is 0. The second-order valence-electron chi connectivity index (χ2n) is 5.01. The number of pyridine rings is 1. The lowest BCUT2D eigenvalue weighted by Gasteiger charge is -2.23. The van der Waals surface area contributed by atoms with E-state index in [2.05, 4.69) is 20.4 Å². The molecule has 1 aromatic carbocycles. The minimum Gasteiger partial charge on any atom is -0.369 e. The van der Waals surface area contributed by atoms with Gasteiger partial charge in [0.2, 0.25) is 0 Å². The van der Waals surface area contributed by atoms with Gasteiger partial charge in [-0.25, -0.2) is 5.43 Å². The Kier molecular flexibility index (Phi) is 7.98. The van der Waals surface area contributed by atoms with Crippen molar-refractivity contribution in [3.05, 3.63) is 58.9 Å². The number of nitrogens with zero attached hydrogens (tertiary/aromatic N) is 3. The summed E-state index contributed by atoms with van der Waals surface area (Å²) < 4.78 is 0. The minimum absolute atomic E-state index is 0.340. The van der Waals surface area contributed by atoms with Crippen molar-refractivity contribution in [1.82, 2.24) is 10.4 Å². The van der Waals surface area contributed by atoms with Crippen molar-refractivity contribution in [2.24, 2.45) is 5.10 Å². The largest absolute Gasteiger partial charge is 0.369 e. The number of aromatic nitrogens is 1. The summed E-state index contributed by atoms with van der Waals surface area (Å²) >= 11 is 17.9. The molecule has 1 heterocycles. The first-order chi connectivity index (χ1) is 12.2. The molecule has 0 aliphatic heterocycles. The zero-order chi connectivity index (χ0) is 18.1. The van der Waals surface area contributed by atoms with E-state index in [-0.39, 0.29) is 5.91 Å². The van der Waals surface area contributed by atoms with E-state index in [9.17, 15) is 4.79 Å². The van der Waals surface area contributed by atoms with Crippen LogP contribution in [-0.4, -0.2) is 42.0 Å². The van der Waals surface area contributed by atoms with E-state index in [0.717, 1.165) is 5.69 Å². The van der Waals surface area contributed by atoms with Crippen LogP contribution in [0.3, 0.4) is 0 Å². The minimum atomic E-state index is -0.340. The number of amides is 1. The highest BCUT2D eigenvalue weighted by Gasteiger charge is 2.08. The van der Waals surface area contributed by atoms with E-state index in [0.29, 0.717) is 41.0 Å². The van der Waals surface area contributed by atoms with Crippen molar-refractivity contribution in [3.8, 4) is 0 Å². The maximum Gasteiger partial charge on any atom is 0.272 e. The SMILES string of the molecule is O=C(N/N=C\c1ccc(N(CCCl)CCCl)cc1Cl)c1cccnc1. The summed E-state index contributed by atoms with van der Waals surface area (Å²) in [6.45, 7) is 1.36. The molecule has 0 saturated heterocycles. The highest BCUT2D eigenvalue weighted by Crippen LogP contribution is 2.23. The van der Waals surface area contributed by atoms with Crippen molar-refractivity contribution in [3.63, 3.8) is 0 Å². The predicted molar refractivity (Wildman–Crippen MR) is 104 cm³/mol. The standard InChI is InChI=1S/C17H17Cl3N4O/c18-5-8-24(9-6-19)15-4-3-13(16(20)10-15)12-22-23-17(25)14-2-1-7-21-11-14/h1-4,7,10-12H,5-6,8-9H2,(H,23,25)/b22-12-. The van der Waals surface area contributed by atoms with Crippen molar-refractivity contribution in [2.75, 3.05) is 29.7 Å². The molecule has 0 aliphatic rings. The monoisotopic (exact) mass is 398 g/mol. The van der Waals surface area contributed by atoms with Gasteiger partial charge in [0.25, 0.3) is 5.91 Å². The number of alkyl halides is 2. The first kappa shape index (κ1) is 19.5. The van der Waals surface area contributed by atoms with E-state index in [1.165, 1.54) is 12.4 Å². The van der Waals surface area contributed by atoms with Gasteiger partial charge in [-0.15, -0.1) is 23.2 Å². The van der Waals surface area contributed by atoms with E-state index >= 15 is 0 Å². The third kappa shape index (κ3) is 5.88. The van der Waals surface area contributed by atoms with Gasteiger partial charge in [0, 0.05) is 48.5 Å². The molecule has 0 spiro atoms. The summed E-state index contributed by atoms with van der Waals surface area (Å²) in [5, 5.41) is 4.45. The smallest absolute Gasteiger partial charge is 0.272 e. The van der Waals surface area contributed by atoms with Gasteiger partial charge in [0.1, 0.15) is 0 Å². The molecule has 25 heavy (non-hydrogen) atoms. The Bertz CT molecular complexity index is 719. The maximum atomic E-state index is 11.9. The van der Waals surface area contributed by atoms with Crippen molar-refractivity contribution < 1.29 is 4.79 Å². The number of halogens is 3. The topological polar surface area (TPSA) is 57.6 Å². The normalized spacial score (nSPS) is 10.8. The van der Waals surface area contributed by atoms with Gasteiger partial charge >= 0.3 is 0 Å². The second-order valence-corrected chi connectivity index (χ2v) is 6.17. The number of hydrogen-bond donors (Lipinski definition) is 1. The number of anilines is 1. The van der Waals surface area contributed by atoms with Crippen LogP contribution in [0.1, 0.15) is 15.9 Å². The predicted octanol–water partition coefficient (Wildman–Crippen LogP) is 3.78. The molecule has 1 aromatic heterocycles. The zero-order valence-corrected chi connectivity index (χ0v) is 15.6.